The van der Waals surface area contributed by atoms with Gasteiger partial charge in [-0.15, -0.1) is 0 Å². The maximum absolute atomic E-state index is 10.7. The number of anilines is 1. The van der Waals surface area contributed by atoms with Crippen LogP contribution in [-0.2, 0) is 0 Å². The molecule has 2 N–H and O–H groups in total. The second-order valence-corrected chi connectivity index (χ2v) is 4.58. The van der Waals surface area contributed by atoms with Crippen molar-refractivity contribution < 1.29 is 4.92 Å². The Labute approximate surface area is 106 Å². The summed E-state index contributed by atoms with van der Waals surface area (Å²) in [5.74, 6) is 0.727. The molecule has 98 valence electrons. The smallest absolute Gasteiger partial charge is 0.290 e. The summed E-state index contributed by atoms with van der Waals surface area (Å²) in [6.45, 7) is 3.73. The highest BCUT2D eigenvalue weighted by atomic mass is 16.6. The molecule has 1 aliphatic rings. The van der Waals surface area contributed by atoms with Crippen LogP contribution in [0.25, 0.3) is 0 Å². The third kappa shape index (κ3) is 3.16. The van der Waals surface area contributed by atoms with Crippen molar-refractivity contribution in [1.29, 1.82) is 0 Å². The van der Waals surface area contributed by atoms with Crippen LogP contribution in [0.4, 0.5) is 11.5 Å². The molecule has 0 bridgehead atoms. The molecule has 0 amide bonds. The van der Waals surface area contributed by atoms with E-state index < -0.39 is 4.92 Å². The summed E-state index contributed by atoms with van der Waals surface area (Å²) in [6.07, 6.45) is 3.30. The molecule has 1 aromatic rings. The van der Waals surface area contributed by atoms with Crippen molar-refractivity contribution in [3.8, 4) is 0 Å². The first-order chi connectivity index (χ1) is 8.66. The van der Waals surface area contributed by atoms with Crippen LogP contribution in [0.5, 0.6) is 0 Å². The van der Waals surface area contributed by atoms with Gasteiger partial charge in [-0.2, -0.15) is 0 Å². The average molecular weight is 250 g/mol. The third-order valence-corrected chi connectivity index (χ3v) is 3.18. The molecule has 0 radical (unpaired) electrons. The first-order valence-corrected chi connectivity index (χ1v) is 6.26. The molecule has 1 atom stereocenters. The van der Waals surface area contributed by atoms with Crippen LogP contribution in [-0.4, -0.2) is 29.0 Å². The molecule has 18 heavy (non-hydrogen) atoms. The topological polar surface area (TPSA) is 80.1 Å². The van der Waals surface area contributed by atoms with E-state index in [1.807, 2.05) is 0 Å². The van der Waals surface area contributed by atoms with Gasteiger partial charge in [0.15, 0.2) is 0 Å². The molecule has 0 aliphatic carbocycles. The van der Waals surface area contributed by atoms with Crippen LogP contribution >= 0.6 is 0 Å². The lowest BCUT2D eigenvalue weighted by Gasteiger charge is -2.16. The Bertz CT molecular complexity index is 428. The molecule has 0 aromatic carbocycles. The van der Waals surface area contributed by atoms with Crippen molar-refractivity contribution in [2.45, 2.75) is 32.2 Å². The fourth-order valence-electron chi connectivity index (χ4n) is 2.20. The van der Waals surface area contributed by atoms with Crippen molar-refractivity contribution in [2.75, 3.05) is 18.4 Å². The Kier molecular flexibility index (Phi) is 4.09. The van der Waals surface area contributed by atoms with Crippen LogP contribution in [0.3, 0.4) is 0 Å². The molecule has 0 spiro atoms. The normalized spacial score (nSPS) is 20.2. The summed E-state index contributed by atoms with van der Waals surface area (Å²) >= 11 is 0. The van der Waals surface area contributed by atoms with Gasteiger partial charge >= 0.3 is 0 Å². The van der Waals surface area contributed by atoms with Gasteiger partial charge < -0.3 is 10.6 Å². The van der Waals surface area contributed by atoms with Gasteiger partial charge in [-0.1, -0.05) is 0 Å². The van der Waals surface area contributed by atoms with E-state index >= 15 is 0 Å². The van der Waals surface area contributed by atoms with Gasteiger partial charge in [-0.3, -0.25) is 10.1 Å². The molecular formula is C12H18N4O2. The van der Waals surface area contributed by atoms with Gasteiger partial charge in [-0.05, 0) is 45.3 Å². The number of nitro groups is 1. The molecule has 0 saturated carbocycles. The van der Waals surface area contributed by atoms with E-state index in [9.17, 15) is 10.1 Å². The Morgan fingerprint density at radius 1 is 1.44 bits per heavy atom. The van der Waals surface area contributed by atoms with E-state index in [4.69, 9.17) is 0 Å². The summed E-state index contributed by atoms with van der Waals surface area (Å²) in [5, 5.41) is 17.4. The van der Waals surface area contributed by atoms with E-state index in [1.165, 1.54) is 6.07 Å². The quantitative estimate of drug-likeness (QED) is 0.632. The van der Waals surface area contributed by atoms with Crippen LogP contribution in [0.2, 0.25) is 0 Å². The molecule has 1 aliphatic heterocycles. The minimum Gasteiger partial charge on any atom is -0.367 e. The molecule has 1 unspecified atom stereocenters. The lowest BCUT2D eigenvalue weighted by molar-refractivity contribution is -0.385. The van der Waals surface area contributed by atoms with Crippen molar-refractivity contribution in [3.63, 3.8) is 0 Å². The molecule has 6 nitrogen and oxygen atoms in total. The van der Waals surface area contributed by atoms with E-state index in [2.05, 4.69) is 15.6 Å². The largest absolute Gasteiger partial charge is 0.367 e. The third-order valence-electron chi connectivity index (χ3n) is 3.18. The van der Waals surface area contributed by atoms with Gasteiger partial charge in [0.05, 0.1) is 4.92 Å². The minimum absolute atomic E-state index is 0.0723. The zero-order chi connectivity index (χ0) is 13.0. The highest BCUT2D eigenvalue weighted by molar-refractivity contribution is 5.45. The van der Waals surface area contributed by atoms with E-state index in [0.29, 0.717) is 11.7 Å². The van der Waals surface area contributed by atoms with Crippen molar-refractivity contribution in [3.05, 3.63) is 27.9 Å². The van der Waals surface area contributed by atoms with Crippen LogP contribution in [0.1, 0.15) is 25.0 Å². The minimum atomic E-state index is -0.401. The number of nitrogens with one attached hydrogen (secondary N) is 2. The van der Waals surface area contributed by atoms with Gasteiger partial charge in [0.1, 0.15) is 11.5 Å². The predicted octanol–water partition coefficient (Wildman–Crippen LogP) is 1.85. The second kappa shape index (κ2) is 5.77. The summed E-state index contributed by atoms with van der Waals surface area (Å²) in [7, 11) is 0. The van der Waals surface area contributed by atoms with Gasteiger partial charge in [0, 0.05) is 12.1 Å². The van der Waals surface area contributed by atoms with E-state index in [1.54, 1.807) is 13.0 Å². The maximum Gasteiger partial charge on any atom is 0.290 e. The Morgan fingerprint density at radius 3 is 3.00 bits per heavy atom. The zero-order valence-corrected chi connectivity index (χ0v) is 10.5. The molecule has 1 fully saturated rings. The van der Waals surface area contributed by atoms with Gasteiger partial charge in [0.2, 0.25) is 0 Å². The van der Waals surface area contributed by atoms with Crippen molar-refractivity contribution in [1.82, 2.24) is 10.3 Å². The number of aryl methyl sites for hydroxylation is 1. The van der Waals surface area contributed by atoms with Crippen LogP contribution in [0, 0.1) is 17.0 Å². The number of hydrogen-bond donors (Lipinski definition) is 2. The number of hydrogen-bond acceptors (Lipinski definition) is 5. The second-order valence-electron chi connectivity index (χ2n) is 4.58. The van der Waals surface area contributed by atoms with Crippen LogP contribution < -0.4 is 10.6 Å². The molecular weight excluding hydrogens is 232 g/mol. The number of nitrogens with zero attached hydrogens (tertiary/aromatic N) is 2. The number of pyridine rings is 1. The Balaban J connectivity index is 2.05. The summed E-state index contributed by atoms with van der Waals surface area (Å²) in [5.41, 5.74) is 0.528. The monoisotopic (exact) mass is 250 g/mol. The first-order valence-electron chi connectivity index (χ1n) is 6.26. The van der Waals surface area contributed by atoms with E-state index in [-0.39, 0.29) is 5.69 Å². The molecule has 2 heterocycles. The summed E-state index contributed by atoms with van der Waals surface area (Å²) in [6, 6.07) is 3.59. The fourth-order valence-corrected chi connectivity index (χ4v) is 2.20. The van der Waals surface area contributed by atoms with Crippen molar-refractivity contribution >= 4 is 11.5 Å². The fraction of sp³-hybridized carbons (Fsp3) is 0.583. The van der Waals surface area contributed by atoms with Gasteiger partial charge in [0.25, 0.3) is 5.69 Å². The SMILES string of the molecule is Cc1nc(NC2CCCNCC2)ccc1[N+](=O)[O-]. The highest BCUT2D eigenvalue weighted by Gasteiger charge is 2.15. The molecule has 1 aromatic heterocycles. The predicted molar refractivity (Wildman–Crippen MR) is 69.8 cm³/mol. The average Bonchev–Trinajstić information content (AvgIpc) is 2.57. The Hall–Kier alpha value is -1.69. The number of aromatic nitrogens is 1. The zero-order valence-electron chi connectivity index (χ0n) is 10.5. The highest BCUT2D eigenvalue weighted by Crippen LogP contribution is 2.19. The maximum atomic E-state index is 10.7. The number of rotatable bonds is 3. The summed E-state index contributed by atoms with van der Waals surface area (Å²) in [4.78, 5) is 14.6. The standard InChI is InChI=1S/C12H18N4O2/c1-9-11(16(17)18)4-5-12(14-9)15-10-3-2-7-13-8-6-10/h4-5,10,13H,2-3,6-8H2,1H3,(H,14,15). The lowest BCUT2D eigenvalue weighted by atomic mass is 10.1. The Morgan fingerprint density at radius 2 is 2.28 bits per heavy atom. The van der Waals surface area contributed by atoms with E-state index in [0.717, 1.165) is 38.2 Å². The molecule has 1 saturated heterocycles. The van der Waals surface area contributed by atoms with Crippen LogP contribution in [0.15, 0.2) is 12.1 Å². The first kappa shape index (κ1) is 12.8. The lowest BCUT2D eigenvalue weighted by Crippen LogP contribution is -2.22. The molecule has 6 heteroatoms. The van der Waals surface area contributed by atoms with Crippen molar-refractivity contribution in [2.24, 2.45) is 0 Å². The summed E-state index contributed by atoms with van der Waals surface area (Å²) < 4.78 is 0. The molecule has 2 rings (SSSR count). The van der Waals surface area contributed by atoms with Gasteiger partial charge in [-0.25, -0.2) is 4.98 Å².